The molecule has 160 valence electrons. The van der Waals surface area contributed by atoms with Crippen molar-refractivity contribution in [2.75, 3.05) is 25.6 Å². The predicted molar refractivity (Wildman–Crippen MR) is 113 cm³/mol. The van der Waals surface area contributed by atoms with Gasteiger partial charge in [-0.1, -0.05) is 19.1 Å². The zero-order valence-electron chi connectivity index (χ0n) is 17.4. The number of rotatable bonds is 5. The summed E-state index contributed by atoms with van der Waals surface area (Å²) in [5, 5.41) is 8.52. The van der Waals surface area contributed by atoms with E-state index in [1.54, 1.807) is 6.07 Å². The zero-order valence-corrected chi connectivity index (χ0v) is 17.4. The Labute approximate surface area is 179 Å². The summed E-state index contributed by atoms with van der Waals surface area (Å²) in [5.41, 5.74) is 3.90. The van der Waals surface area contributed by atoms with Crippen LogP contribution in [-0.2, 0) is 16.0 Å². The fraction of sp³-hybridized carbons (Fsp3) is 0.391. The SMILES string of the molecule is CNC(=O)c1cc(C(=O)NC2[C@H]3COC[C@@H]23)cc([C@@H](C)c2cccc3c2CC(=O)N3)n1. The number of fused-ring (bicyclic) bond motifs is 2. The highest BCUT2D eigenvalue weighted by molar-refractivity contribution is 6.00. The highest BCUT2D eigenvalue weighted by atomic mass is 16.5. The van der Waals surface area contributed by atoms with Crippen LogP contribution in [0.15, 0.2) is 30.3 Å². The molecule has 0 spiro atoms. The van der Waals surface area contributed by atoms with Crippen molar-refractivity contribution in [1.82, 2.24) is 15.6 Å². The molecule has 3 amide bonds. The zero-order chi connectivity index (χ0) is 21.7. The van der Waals surface area contributed by atoms with Gasteiger partial charge in [0.2, 0.25) is 5.91 Å². The molecule has 1 unspecified atom stereocenters. The van der Waals surface area contributed by atoms with Gasteiger partial charge in [-0.3, -0.25) is 14.4 Å². The first kappa shape index (κ1) is 19.7. The molecule has 31 heavy (non-hydrogen) atoms. The Kier molecular flexibility index (Phi) is 4.74. The molecule has 1 aliphatic carbocycles. The average molecular weight is 420 g/mol. The van der Waals surface area contributed by atoms with Gasteiger partial charge in [0.05, 0.1) is 19.6 Å². The molecule has 3 heterocycles. The molecule has 4 atom stereocenters. The van der Waals surface area contributed by atoms with E-state index in [-0.39, 0.29) is 35.4 Å². The summed E-state index contributed by atoms with van der Waals surface area (Å²) >= 11 is 0. The highest BCUT2D eigenvalue weighted by Gasteiger charge is 2.54. The molecular formula is C23H24N4O4. The molecule has 3 aliphatic rings. The molecular weight excluding hydrogens is 396 g/mol. The van der Waals surface area contributed by atoms with E-state index < -0.39 is 0 Å². The minimum atomic E-state index is -0.352. The van der Waals surface area contributed by atoms with Gasteiger partial charge in [0.1, 0.15) is 5.69 Å². The summed E-state index contributed by atoms with van der Waals surface area (Å²) in [5.74, 6) is -0.0298. The van der Waals surface area contributed by atoms with Crippen LogP contribution in [0.1, 0.15) is 50.5 Å². The van der Waals surface area contributed by atoms with Gasteiger partial charge in [0.15, 0.2) is 0 Å². The molecule has 5 rings (SSSR count). The number of pyridine rings is 1. The van der Waals surface area contributed by atoms with Crippen LogP contribution in [0, 0.1) is 11.8 Å². The molecule has 2 aromatic rings. The Morgan fingerprint density at radius 1 is 1.19 bits per heavy atom. The van der Waals surface area contributed by atoms with E-state index in [4.69, 9.17) is 4.74 Å². The lowest BCUT2D eigenvalue weighted by Crippen LogP contribution is -2.30. The van der Waals surface area contributed by atoms with E-state index in [1.165, 1.54) is 13.1 Å². The van der Waals surface area contributed by atoms with E-state index in [0.717, 1.165) is 16.8 Å². The third kappa shape index (κ3) is 3.46. The number of anilines is 1. The van der Waals surface area contributed by atoms with Gasteiger partial charge in [-0.2, -0.15) is 0 Å². The third-order valence-corrected chi connectivity index (χ3v) is 6.55. The number of carbonyl (C=O) groups is 3. The van der Waals surface area contributed by atoms with Crippen LogP contribution in [0.5, 0.6) is 0 Å². The molecule has 8 nitrogen and oxygen atoms in total. The minimum Gasteiger partial charge on any atom is -0.381 e. The second-order valence-corrected chi connectivity index (χ2v) is 8.43. The Morgan fingerprint density at radius 3 is 2.71 bits per heavy atom. The number of hydrogen-bond acceptors (Lipinski definition) is 5. The standard InChI is InChI=1S/C23H24N4O4/c1-11(13-4-3-5-17-14(13)8-20(28)26-17)18-6-12(7-19(25-18)23(30)24-2)22(29)27-21-15-9-31-10-16(15)21/h3-7,11,15-16,21H,8-10H2,1-2H3,(H,24,30)(H,26,28)(H,27,29)/t11-,15-,16+,21?/m0/s1. The molecule has 8 heteroatoms. The van der Waals surface area contributed by atoms with Crippen molar-refractivity contribution in [2.45, 2.75) is 25.3 Å². The third-order valence-electron chi connectivity index (χ3n) is 6.55. The van der Waals surface area contributed by atoms with Crippen LogP contribution in [0.4, 0.5) is 5.69 Å². The monoisotopic (exact) mass is 420 g/mol. The largest absolute Gasteiger partial charge is 0.381 e. The first-order valence-corrected chi connectivity index (χ1v) is 10.5. The van der Waals surface area contributed by atoms with Gasteiger partial charge in [0, 0.05) is 47.8 Å². The summed E-state index contributed by atoms with van der Waals surface area (Å²) in [4.78, 5) is 41.7. The Bertz CT molecular complexity index is 1090. The van der Waals surface area contributed by atoms with Crippen molar-refractivity contribution < 1.29 is 19.1 Å². The molecule has 1 aromatic carbocycles. The molecule has 1 saturated carbocycles. The molecule has 0 radical (unpaired) electrons. The highest BCUT2D eigenvalue weighted by Crippen LogP contribution is 2.44. The summed E-state index contributed by atoms with van der Waals surface area (Å²) in [6.45, 7) is 3.34. The maximum atomic E-state index is 13.0. The second-order valence-electron chi connectivity index (χ2n) is 8.43. The van der Waals surface area contributed by atoms with Crippen LogP contribution in [-0.4, -0.2) is 49.0 Å². The second kappa shape index (κ2) is 7.46. The smallest absolute Gasteiger partial charge is 0.269 e. The first-order chi connectivity index (χ1) is 15.0. The maximum absolute atomic E-state index is 13.0. The van der Waals surface area contributed by atoms with Gasteiger partial charge >= 0.3 is 0 Å². The minimum absolute atomic E-state index is 0.0410. The van der Waals surface area contributed by atoms with Gasteiger partial charge in [0.25, 0.3) is 11.8 Å². The summed E-state index contributed by atoms with van der Waals surface area (Å²) < 4.78 is 5.39. The van der Waals surface area contributed by atoms with Crippen LogP contribution in [0.2, 0.25) is 0 Å². The molecule has 1 saturated heterocycles. The topological polar surface area (TPSA) is 109 Å². The number of carbonyl (C=O) groups excluding carboxylic acids is 3. The lowest BCUT2D eigenvalue weighted by Gasteiger charge is -2.17. The van der Waals surface area contributed by atoms with E-state index >= 15 is 0 Å². The molecule has 1 aromatic heterocycles. The van der Waals surface area contributed by atoms with Crippen molar-refractivity contribution in [3.05, 3.63) is 58.4 Å². The molecule has 2 fully saturated rings. The predicted octanol–water partition coefficient (Wildman–Crippen LogP) is 1.46. The van der Waals surface area contributed by atoms with Crippen LogP contribution < -0.4 is 16.0 Å². The lowest BCUT2D eigenvalue weighted by atomic mass is 9.90. The van der Waals surface area contributed by atoms with Gasteiger partial charge in [-0.15, -0.1) is 0 Å². The average Bonchev–Trinajstić information content (AvgIpc) is 3.12. The number of amides is 3. The number of nitrogens with one attached hydrogen (secondary N) is 3. The maximum Gasteiger partial charge on any atom is 0.269 e. The fourth-order valence-electron chi connectivity index (χ4n) is 4.68. The van der Waals surface area contributed by atoms with E-state index in [2.05, 4.69) is 20.9 Å². The first-order valence-electron chi connectivity index (χ1n) is 10.5. The summed E-state index contributed by atoms with van der Waals surface area (Å²) in [7, 11) is 1.53. The molecule has 0 bridgehead atoms. The van der Waals surface area contributed by atoms with Crippen molar-refractivity contribution in [3.63, 3.8) is 0 Å². The van der Waals surface area contributed by atoms with Gasteiger partial charge in [-0.05, 0) is 29.3 Å². The van der Waals surface area contributed by atoms with E-state index in [1.807, 2.05) is 25.1 Å². The van der Waals surface area contributed by atoms with Crippen molar-refractivity contribution >= 4 is 23.4 Å². The van der Waals surface area contributed by atoms with Crippen LogP contribution in [0.3, 0.4) is 0 Å². The molecule has 3 N–H and O–H groups in total. The number of aromatic nitrogens is 1. The van der Waals surface area contributed by atoms with Gasteiger partial charge in [-0.25, -0.2) is 4.98 Å². The Morgan fingerprint density at radius 2 is 1.97 bits per heavy atom. The Hall–Kier alpha value is -3.26. The van der Waals surface area contributed by atoms with Crippen molar-refractivity contribution in [3.8, 4) is 0 Å². The van der Waals surface area contributed by atoms with E-state index in [9.17, 15) is 14.4 Å². The normalized spacial score (nSPS) is 24.1. The Balaban J connectivity index is 1.47. The van der Waals surface area contributed by atoms with Crippen LogP contribution in [0.25, 0.3) is 0 Å². The van der Waals surface area contributed by atoms with E-state index in [0.29, 0.717) is 42.7 Å². The number of benzene rings is 1. The number of hydrogen-bond donors (Lipinski definition) is 3. The quantitative estimate of drug-likeness (QED) is 0.679. The summed E-state index contributed by atoms with van der Waals surface area (Å²) in [6.07, 6.45) is 0.310. The molecule has 2 aliphatic heterocycles. The van der Waals surface area contributed by atoms with Crippen LogP contribution >= 0.6 is 0 Å². The van der Waals surface area contributed by atoms with Gasteiger partial charge < -0.3 is 20.7 Å². The summed E-state index contributed by atoms with van der Waals surface area (Å²) in [6, 6.07) is 9.13. The number of nitrogens with zero attached hydrogens (tertiary/aromatic N) is 1. The lowest BCUT2D eigenvalue weighted by molar-refractivity contribution is -0.115. The van der Waals surface area contributed by atoms with Crippen molar-refractivity contribution in [1.29, 1.82) is 0 Å². The fourth-order valence-corrected chi connectivity index (χ4v) is 4.68. The van der Waals surface area contributed by atoms with Crippen molar-refractivity contribution in [2.24, 2.45) is 11.8 Å². The number of ether oxygens (including phenoxy) is 1.